The van der Waals surface area contributed by atoms with Gasteiger partial charge in [0.2, 0.25) is 17.7 Å². The number of amides is 4. The lowest BCUT2D eigenvalue weighted by atomic mass is 9.83. The summed E-state index contributed by atoms with van der Waals surface area (Å²) in [6.45, 7) is 8.72. The fourth-order valence-electron chi connectivity index (χ4n) is 4.71. The van der Waals surface area contributed by atoms with Gasteiger partial charge in [-0.05, 0) is 55.0 Å². The predicted octanol–water partition coefficient (Wildman–Crippen LogP) is 3.83. The van der Waals surface area contributed by atoms with Crippen molar-refractivity contribution in [1.82, 2.24) is 15.1 Å². The number of rotatable bonds is 9. The van der Waals surface area contributed by atoms with Crippen molar-refractivity contribution in [3.8, 4) is 0 Å². The molecule has 8 heteroatoms. The van der Waals surface area contributed by atoms with Crippen molar-refractivity contribution in [2.45, 2.75) is 59.0 Å². The molecule has 1 aliphatic rings. The average molecular weight is 507 g/mol. The number of carbonyl (C=O) groups excluding carboxylic acids is 4. The van der Waals surface area contributed by atoms with Crippen LogP contribution in [0.4, 0.5) is 5.69 Å². The molecule has 0 aliphatic carbocycles. The van der Waals surface area contributed by atoms with Crippen LogP contribution in [0.2, 0.25) is 0 Å². The topological polar surface area (TPSA) is 98.8 Å². The Kier molecular flexibility index (Phi) is 9.44. The Morgan fingerprint density at radius 3 is 2.11 bits per heavy atom. The largest absolute Gasteiger partial charge is 0.350 e. The Labute approximate surface area is 219 Å². The lowest BCUT2D eigenvalue weighted by molar-refractivity contribution is -0.140. The Morgan fingerprint density at radius 1 is 0.946 bits per heavy atom. The van der Waals surface area contributed by atoms with Crippen LogP contribution in [-0.2, 0) is 20.9 Å². The highest BCUT2D eigenvalue weighted by Gasteiger charge is 2.48. The quantitative estimate of drug-likeness (QED) is 0.540. The first-order chi connectivity index (χ1) is 17.6. The van der Waals surface area contributed by atoms with Crippen molar-refractivity contribution in [1.29, 1.82) is 0 Å². The Hall–Kier alpha value is -3.68. The third-order valence-corrected chi connectivity index (χ3v) is 6.90. The van der Waals surface area contributed by atoms with E-state index in [2.05, 4.69) is 24.5 Å². The zero-order chi connectivity index (χ0) is 27.0. The van der Waals surface area contributed by atoms with Gasteiger partial charge in [0.1, 0.15) is 5.54 Å². The second-order valence-electron chi connectivity index (χ2n) is 10.1. The van der Waals surface area contributed by atoms with Gasteiger partial charge in [-0.15, -0.1) is 0 Å². The van der Waals surface area contributed by atoms with E-state index in [4.69, 9.17) is 0 Å². The first-order valence-electron chi connectivity index (χ1n) is 12.9. The molecule has 0 radical (unpaired) electrons. The summed E-state index contributed by atoms with van der Waals surface area (Å²) in [7, 11) is 0. The molecule has 8 nitrogen and oxygen atoms in total. The molecule has 1 heterocycles. The number of nitrogens with zero attached hydrogens (tertiary/aromatic N) is 2. The highest BCUT2D eigenvalue weighted by molar-refractivity contribution is 6.00. The lowest BCUT2D eigenvalue weighted by Crippen LogP contribution is -2.65. The predicted molar refractivity (Wildman–Crippen MR) is 144 cm³/mol. The van der Waals surface area contributed by atoms with E-state index in [-0.39, 0.29) is 23.6 Å². The van der Waals surface area contributed by atoms with Crippen LogP contribution in [0, 0.1) is 5.92 Å². The Bertz CT molecular complexity index is 1090. The molecule has 198 valence electrons. The van der Waals surface area contributed by atoms with Gasteiger partial charge in [0, 0.05) is 51.3 Å². The summed E-state index contributed by atoms with van der Waals surface area (Å²) in [5, 5.41) is 5.79. The first kappa shape index (κ1) is 27.9. The van der Waals surface area contributed by atoms with E-state index >= 15 is 0 Å². The van der Waals surface area contributed by atoms with Crippen LogP contribution in [0.5, 0.6) is 0 Å². The van der Waals surface area contributed by atoms with Crippen molar-refractivity contribution < 1.29 is 19.2 Å². The minimum absolute atomic E-state index is 0.0353. The number of likely N-dealkylation sites (tertiary alicyclic amines) is 1. The minimum atomic E-state index is -1.08. The van der Waals surface area contributed by atoms with Crippen molar-refractivity contribution in [3.63, 3.8) is 0 Å². The molecule has 0 atom stereocenters. The van der Waals surface area contributed by atoms with E-state index in [0.717, 1.165) is 12.0 Å². The molecule has 0 spiro atoms. The minimum Gasteiger partial charge on any atom is -0.350 e. The van der Waals surface area contributed by atoms with E-state index in [1.807, 2.05) is 30.3 Å². The highest BCUT2D eigenvalue weighted by Crippen LogP contribution is 2.32. The number of hydrogen-bond donors (Lipinski definition) is 2. The summed E-state index contributed by atoms with van der Waals surface area (Å²) in [5.41, 5.74) is 0.939. The summed E-state index contributed by atoms with van der Waals surface area (Å²) in [4.78, 5) is 54.8. The Balaban J connectivity index is 1.94. The summed E-state index contributed by atoms with van der Waals surface area (Å²) in [6, 6.07) is 16.4. The second kappa shape index (κ2) is 12.5. The van der Waals surface area contributed by atoms with Crippen LogP contribution in [0.3, 0.4) is 0 Å². The van der Waals surface area contributed by atoms with Crippen LogP contribution in [0.25, 0.3) is 0 Å². The monoisotopic (exact) mass is 506 g/mol. The molecular weight excluding hydrogens is 468 g/mol. The molecule has 2 N–H and O–H groups in total. The number of anilines is 1. The SMILES string of the molecule is CC(=O)Nc1ccc(C(=O)N(CCC(C)C)C2(C(=O)NCc3ccccc3)CCN(C(C)=O)CC2)cc1. The van der Waals surface area contributed by atoms with Crippen LogP contribution >= 0.6 is 0 Å². The van der Waals surface area contributed by atoms with Gasteiger partial charge < -0.3 is 20.4 Å². The molecule has 37 heavy (non-hydrogen) atoms. The third kappa shape index (κ3) is 7.18. The van der Waals surface area contributed by atoms with E-state index in [9.17, 15) is 19.2 Å². The van der Waals surface area contributed by atoms with E-state index in [1.54, 1.807) is 34.1 Å². The molecular formula is C29H38N4O4. The van der Waals surface area contributed by atoms with E-state index < -0.39 is 5.54 Å². The number of nitrogens with one attached hydrogen (secondary N) is 2. The molecule has 1 aliphatic heterocycles. The van der Waals surface area contributed by atoms with Crippen LogP contribution in [0.15, 0.2) is 54.6 Å². The molecule has 0 unspecified atom stereocenters. The smallest absolute Gasteiger partial charge is 0.254 e. The number of hydrogen-bond acceptors (Lipinski definition) is 4. The summed E-state index contributed by atoms with van der Waals surface area (Å²) in [6.07, 6.45) is 1.46. The summed E-state index contributed by atoms with van der Waals surface area (Å²) >= 11 is 0. The number of piperidine rings is 1. The fraction of sp³-hybridized carbons (Fsp3) is 0.448. The zero-order valence-electron chi connectivity index (χ0n) is 22.3. The van der Waals surface area contributed by atoms with Gasteiger partial charge in [-0.3, -0.25) is 19.2 Å². The molecule has 0 saturated carbocycles. The third-order valence-electron chi connectivity index (χ3n) is 6.90. The molecule has 2 aromatic rings. The van der Waals surface area contributed by atoms with Gasteiger partial charge in [-0.25, -0.2) is 0 Å². The van der Waals surface area contributed by atoms with E-state index in [1.165, 1.54) is 13.8 Å². The van der Waals surface area contributed by atoms with Gasteiger partial charge in [0.15, 0.2) is 0 Å². The van der Waals surface area contributed by atoms with Crippen molar-refractivity contribution in [2.24, 2.45) is 5.92 Å². The molecule has 1 fully saturated rings. The number of carbonyl (C=O) groups is 4. The fourth-order valence-corrected chi connectivity index (χ4v) is 4.71. The maximum atomic E-state index is 14.0. The molecule has 4 amide bonds. The molecule has 2 aromatic carbocycles. The van der Waals surface area contributed by atoms with Gasteiger partial charge >= 0.3 is 0 Å². The van der Waals surface area contributed by atoms with Gasteiger partial charge in [0.05, 0.1) is 0 Å². The molecule has 0 bridgehead atoms. The average Bonchev–Trinajstić information content (AvgIpc) is 2.88. The summed E-state index contributed by atoms with van der Waals surface area (Å²) in [5.74, 6) is -0.331. The van der Waals surface area contributed by atoms with Gasteiger partial charge in [-0.2, -0.15) is 0 Å². The Morgan fingerprint density at radius 2 is 1.57 bits per heavy atom. The van der Waals surface area contributed by atoms with E-state index in [0.29, 0.717) is 56.2 Å². The normalized spacial score (nSPS) is 14.7. The van der Waals surface area contributed by atoms with Crippen molar-refractivity contribution in [2.75, 3.05) is 25.0 Å². The maximum absolute atomic E-state index is 14.0. The van der Waals surface area contributed by atoms with Crippen LogP contribution in [-0.4, -0.2) is 58.6 Å². The number of benzene rings is 2. The second-order valence-corrected chi connectivity index (χ2v) is 10.1. The van der Waals surface area contributed by atoms with Crippen LogP contribution in [0.1, 0.15) is 62.9 Å². The molecule has 0 aromatic heterocycles. The van der Waals surface area contributed by atoms with Crippen molar-refractivity contribution >= 4 is 29.3 Å². The standard InChI is InChI=1S/C29H38N4O4/c1-21(2)14-17-33(27(36)25-10-12-26(13-11-25)31-22(3)34)29(15-18-32(19-16-29)23(4)35)28(37)30-20-24-8-6-5-7-9-24/h5-13,21H,14-20H2,1-4H3,(H,30,37)(H,31,34). The first-order valence-corrected chi connectivity index (χ1v) is 12.9. The van der Waals surface area contributed by atoms with Gasteiger partial charge in [-0.1, -0.05) is 44.2 Å². The van der Waals surface area contributed by atoms with Gasteiger partial charge in [0.25, 0.3) is 5.91 Å². The van der Waals surface area contributed by atoms with Crippen LogP contribution < -0.4 is 10.6 Å². The summed E-state index contributed by atoms with van der Waals surface area (Å²) < 4.78 is 0. The molecule has 1 saturated heterocycles. The molecule has 3 rings (SSSR count). The maximum Gasteiger partial charge on any atom is 0.254 e. The highest BCUT2D eigenvalue weighted by atomic mass is 16.2. The van der Waals surface area contributed by atoms with Crippen molar-refractivity contribution in [3.05, 3.63) is 65.7 Å². The zero-order valence-corrected chi connectivity index (χ0v) is 22.3. The lowest BCUT2D eigenvalue weighted by Gasteiger charge is -2.47.